The van der Waals surface area contributed by atoms with E-state index in [0.29, 0.717) is 0 Å². The highest BCUT2D eigenvalue weighted by atomic mass is 32.2. The van der Waals surface area contributed by atoms with Crippen molar-refractivity contribution in [3.63, 3.8) is 0 Å². The smallest absolute Gasteiger partial charge is 0.202 e. The lowest BCUT2D eigenvalue weighted by Gasteiger charge is -2.01. The summed E-state index contributed by atoms with van der Waals surface area (Å²) >= 11 is 3.23. The van der Waals surface area contributed by atoms with E-state index in [4.69, 9.17) is 5.11 Å². The van der Waals surface area contributed by atoms with Crippen molar-refractivity contribution in [2.75, 3.05) is 30.0 Å². The van der Waals surface area contributed by atoms with Crippen LogP contribution < -0.4 is 5.32 Å². The molecule has 0 atom stereocenters. The predicted molar refractivity (Wildman–Crippen MR) is 62.2 cm³/mol. The Bertz CT molecular complexity index is 254. The van der Waals surface area contributed by atoms with Gasteiger partial charge in [0.2, 0.25) is 5.13 Å². The van der Waals surface area contributed by atoms with Crippen molar-refractivity contribution in [1.29, 1.82) is 0 Å². The molecule has 4 nitrogen and oxygen atoms in total. The first-order valence-corrected chi connectivity index (χ1v) is 6.48. The van der Waals surface area contributed by atoms with Crippen LogP contribution in [0.3, 0.4) is 0 Å². The van der Waals surface area contributed by atoms with Gasteiger partial charge in [0, 0.05) is 30.4 Å². The molecule has 0 aliphatic heterocycles. The molecule has 2 N–H and O–H groups in total. The van der Waals surface area contributed by atoms with Gasteiger partial charge in [-0.15, -0.1) is 0 Å². The molecule has 6 heteroatoms. The summed E-state index contributed by atoms with van der Waals surface area (Å²) in [6.45, 7) is 3.08. The van der Waals surface area contributed by atoms with Gasteiger partial charge >= 0.3 is 0 Å². The van der Waals surface area contributed by atoms with Gasteiger partial charge in [0.25, 0.3) is 0 Å². The highest BCUT2D eigenvalue weighted by Gasteiger charge is 1.97. The summed E-state index contributed by atoms with van der Waals surface area (Å²) in [5.41, 5.74) is 0. The van der Waals surface area contributed by atoms with Gasteiger partial charge in [-0.25, -0.2) is 4.98 Å². The maximum absolute atomic E-state index is 8.56. The Morgan fingerprint density at radius 3 is 3.00 bits per heavy atom. The van der Waals surface area contributed by atoms with E-state index in [-0.39, 0.29) is 6.61 Å². The number of aliphatic hydroxyl groups is 1. The first kappa shape index (κ1) is 11.7. The zero-order chi connectivity index (χ0) is 10.2. The molecule has 0 spiro atoms. The molecule has 0 saturated carbocycles. The Hall–Kier alpha value is -0.330. The molecular formula is C8H15N3OS2. The van der Waals surface area contributed by atoms with Crippen molar-refractivity contribution >= 4 is 28.4 Å². The molecule has 80 valence electrons. The molecule has 0 aromatic carbocycles. The minimum atomic E-state index is 0.288. The molecule has 0 aliphatic carbocycles. The molecule has 0 saturated heterocycles. The van der Waals surface area contributed by atoms with Gasteiger partial charge in [-0.05, 0) is 19.1 Å². The molecule has 14 heavy (non-hydrogen) atoms. The van der Waals surface area contributed by atoms with E-state index >= 15 is 0 Å². The van der Waals surface area contributed by atoms with Crippen molar-refractivity contribution in [2.45, 2.75) is 13.3 Å². The van der Waals surface area contributed by atoms with Crippen molar-refractivity contribution in [2.24, 2.45) is 0 Å². The molecule has 0 amide bonds. The second kappa shape index (κ2) is 7.03. The van der Waals surface area contributed by atoms with Crippen LogP contribution >= 0.6 is 23.3 Å². The molecule has 0 aliphatic rings. The van der Waals surface area contributed by atoms with Crippen LogP contribution in [-0.2, 0) is 0 Å². The Labute approximate surface area is 92.3 Å². The van der Waals surface area contributed by atoms with Crippen LogP contribution in [0.1, 0.15) is 12.2 Å². The molecule has 1 heterocycles. The number of thioether (sulfide) groups is 1. The highest BCUT2D eigenvalue weighted by Crippen LogP contribution is 2.10. The van der Waals surface area contributed by atoms with Crippen LogP contribution in [0.25, 0.3) is 0 Å². The fourth-order valence-corrected chi connectivity index (χ4v) is 2.25. The van der Waals surface area contributed by atoms with E-state index in [1.165, 1.54) is 11.5 Å². The maximum Gasteiger partial charge on any atom is 0.202 e. The number of hydrogen-bond donors (Lipinski definition) is 2. The van der Waals surface area contributed by atoms with Crippen molar-refractivity contribution in [3.05, 3.63) is 5.82 Å². The monoisotopic (exact) mass is 233 g/mol. The van der Waals surface area contributed by atoms with Crippen molar-refractivity contribution < 1.29 is 5.11 Å². The third-order valence-corrected chi connectivity index (χ3v) is 3.33. The summed E-state index contributed by atoms with van der Waals surface area (Å²) in [6.07, 6.45) is 0.878. The minimum absolute atomic E-state index is 0.288. The van der Waals surface area contributed by atoms with Gasteiger partial charge in [0.1, 0.15) is 5.82 Å². The number of aliphatic hydroxyl groups excluding tert-OH is 1. The quantitative estimate of drug-likeness (QED) is 0.697. The average molecular weight is 233 g/mol. The number of anilines is 1. The Kier molecular flexibility index (Phi) is 5.89. The van der Waals surface area contributed by atoms with Crippen LogP contribution in [0, 0.1) is 6.92 Å². The normalized spacial score (nSPS) is 10.4. The summed E-state index contributed by atoms with van der Waals surface area (Å²) in [5, 5.41) is 12.7. The second-order valence-electron chi connectivity index (χ2n) is 2.76. The van der Waals surface area contributed by atoms with Crippen LogP contribution in [0.2, 0.25) is 0 Å². The van der Waals surface area contributed by atoms with E-state index in [9.17, 15) is 0 Å². The molecule has 1 rings (SSSR count). The number of rotatable bonds is 7. The second-order valence-corrected chi connectivity index (χ2v) is 4.74. The standard InChI is InChI=1S/C8H15N3OS2/c1-7-10-8(14-11-7)9-3-6-13-5-2-4-12/h12H,2-6H2,1H3,(H,9,10,11). The highest BCUT2D eigenvalue weighted by molar-refractivity contribution is 7.99. The molecular weight excluding hydrogens is 218 g/mol. The largest absolute Gasteiger partial charge is 0.396 e. The zero-order valence-electron chi connectivity index (χ0n) is 8.19. The first-order chi connectivity index (χ1) is 6.83. The molecule has 1 aromatic rings. The van der Waals surface area contributed by atoms with E-state index in [1.807, 2.05) is 18.7 Å². The maximum atomic E-state index is 8.56. The predicted octanol–water partition coefficient (Wildman–Crippen LogP) is 1.37. The zero-order valence-corrected chi connectivity index (χ0v) is 9.83. The lowest BCUT2D eigenvalue weighted by Crippen LogP contribution is -2.04. The third kappa shape index (κ3) is 4.78. The first-order valence-electron chi connectivity index (χ1n) is 4.55. The van der Waals surface area contributed by atoms with E-state index in [1.54, 1.807) is 0 Å². The number of hydrogen-bond acceptors (Lipinski definition) is 6. The lowest BCUT2D eigenvalue weighted by atomic mass is 10.5. The summed E-state index contributed by atoms with van der Waals surface area (Å²) < 4.78 is 4.07. The molecule has 0 unspecified atom stereocenters. The summed E-state index contributed by atoms with van der Waals surface area (Å²) in [5.74, 6) is 2.89. The fraction of sp³-hybridized carbons (Fsp3) is 0.750. The van der Waals surface area contributed by atoms with Crippen LogP contribution in [-0.4, -0.2) is 39.1 Å². The number of nitrogens with zero attached hydrogens (tertiary/aromatic N) is 2. The number of aryl methyl sites for hydroxylation is 1. The SMILES string of the molecule is Cc1nsc(NCCSCCCO)n1. The van der Waals surface area contributed by atoms with Gasteiger partial charge < -0.3 is 10.4 Å². The third-order valence-electron chi connectivity index (χ3n) is 1.50. The number of nitrogens with one attached hydrogen (secondary N) is 1. The minimum Gasteiger partial charge on any atom is -0.396 e. The van der Waals surface area contributed by atoms with Crippen LogP contribution in [0.15, 0.2) is 0 Å². The topological polar surface area (TPSA) is 58.0 Å². The van der Waals surface area contributed by atoms with Crippen LogP contribution in [0.5, 0.6) is 0 Å². The molecule has 0 radical (unpaired) electrons. The molecule has 0 bridgehead atoms. The Morgan fingerprint density at radius 1 is 1.50 bits per heavy atom. The summed E-state index contributed by atoms with van der Waals surface area (Å²) in [6, 6.07) is 0. The van der Waals surface area contributed by atoms with E-state index in [0.717, 1.165) is 35.4 Å². The van der Waals surface area contributed by atoms with Crippen molar-refractivity contribution in [1.82, 2.24) is 9.36 Å². The van der Waals surface area contributed by atoms with Crippen LogP contribution in [0.4, 0.5) is 5.13 Å². The number of aromatic nitrogens is 2. The van der Waals surface area contributed by atoms with Gasteiger partial charge in [-0.3, -0.25) is 0 Å². The summed E-state index contributed by atoms with van der Waals surface area (Å²) in [7, 11) is 0. The van der Waals surface area contributed by atoms with Gasteiger partial charge in [-0.2, -0.15) is 16.1 Å². The van der Waals surface area contributed by atoms with Gasteiger partial charge in [-0.1, -0.05) is 0 Å². The van der Waals surface area contributed by atoms with E-state index in [2.05, 4.69) is 14.7 Å². The van der Waals surface area contributed by atoms with E-state index < -0.39 is 0 Å². The molecule has 1 aromatic heterocycles. The lowest BCUT2D eigenvalue weighted by molar-refractivity contribution is 0.296. The summed E-state index contributed by atoms with van der Waals surface area (Å²) in [4.78, 5) is 4.19. The Balaban J connectivity index is 1.99. The van der Waals surface area contributed by atoms with Gasteiger partial charge in [0.05, 0.1) is 0 Å². The van der Waals surface area contributed by atoms with Gasteiger partial charge in [0.15, 0.2) is 0 Å². The average Bonchev–Trinajstić information content (AvgIpc) is 2.58. The van der Waals surface area contributed by atoms with Crippen molar-refractivity contribution in [3.8, 4) is 0 Å². The Morgan fingerprint density at radius 2 is 2.36 bits per heavy atom. The molecule has 0 fully saturated rings. The fourth-order valence-electron chi connectivity index (χ4n) is 0.868.